The van der Waals surface area contributed by atoms with Crippen LogP contribution in [0.25, 0.3) is 10.9 Å². The average molecular weight is 302 g/mol. The standard InChI is InChI=1S/C17H22N2O3/c1-3-6-12(2)19-16(20)11-22-17(21)9-13-10-18-15-8-5-4-7-14(13)15/h4-5,7-8,10,12,18H,3,6,9,11H2,1-2H3,(H,19,20). The largest absolute Gasteiger partial charge is 0.455 e. The lowest BCUT2D eigenvalue weighted by atomic mass is 10.1. The minimum Gasteiger partial charge on any atom is -0.455 e. The highest BCUT2D eigenvalue weighted by atomic mass is 16.5. The number of H-pyrrole nitrogens is 1. The molecule has 1 unspecified atom stereocenters. The van der Waals surface area contributed by atoms with Gasteiger partial charge in [0.25, 0.3) is 5.91 Å². The third kappa shape index (κ3) is 4.35. The van der Waals surface area contributed by atoms with E-state index in [2.05, 4.69) is 17.2 Å². The molecule has 0 saturated heterocycles. The highest BCUT2D eigenvalue weighted by molar-refractivity contribution is 5.88. The smallest absolute Gasteiger partial charge is 0.310 e. The summed E-state index contributed by atoms with van der Waals surface area (Å²) >= 11 is 0. The van der Waals surface area contributed by atoms with Gasteiger partial charge in [-0.3, -0.25) is 9.59 Å². The maximum atomic E-state index is 11.9. The normalized spacial score (nSPS) is 12.1. The van der Waals surface area contributed by atoms with E-state index in [4.69, 9.17) is 4.74 Å². The van der Waals surface area contributed by atoms with Gasteiger partial charge in [0.15, 0.2) is 6.61 Å². The summed E-state index contributed by atoms with van der Waals surface area (Å²) in [7, 11) is 0. The molecule has 118 valence electrons. The summed E-state index contributed by atoms with van der Waals surface area (Å²) < 4.78 is 5.04. The SMILES string of the molecule is CCCC(C)NC(=O)COC(=O)Cc1c[nH]c2ccccc12. The number of rotatable bonds is 7. The Morgan fingerprint density at radius 1 is 1.32 bits per heavy atom. The third-order valence-electron chi connectivity index (χ3n) is 3.50. The van der Waals surface area contributed by atoms with Crippen molar-refractivity contribution >= 4 is 22.8 Å². The highest BCUT2D eigenvalue weighted by Crippen LogP contribution is 2.18. The molecule has 2 rings (SSSR count). The van der Waals surface area contributed by atoms with Crippen LogP contribution in [-0.4, -0.2) is 29.5 Å². The van der Waals surface area contributed by atoms with E-state index in [1.54, 1.807) is 6.20 Å². The van der Waals surface area contributed by atoms with Crippen molar-refractivity contribution in [3.8, 4) is 0 Å². The van der Waals surface area contributed by atoms with Crippen molar-refractivity contribution in [2.75, 3.05) is 6.61 Å². The number of nitrogens with one attached hydrogen (secondary N) is 2. The van der Waals surface area contributed by atoms with Crippen LogP contribution in [0.1, 0.15) is 32.3 Å². The molecule has 22 heavy (non-hydrogen) atoms. The Morgan fingerprint density at radius 3 is 2.86 bits per heavy atom. The molecule has 1 aromatic carbocycles. The molecular weight excluding hydrogens is 280 g/mol. The molecule has 5 heteroatoms. The first-order chi connectivity index (χ1) is 10.6. The molecule has 0 radical (unpaired) electrons. The van der Waals surface area contributed by atoms with Crippen LogP contribution in [-0.2, 0) is 20.7 Å². The van der Waals surface area contributed by atoms with E-state index >= 15 is 0 Å². The second-order valence-electron chi connectivity index (χ2n) is 5.45. The number of para-hydroxylation sites is 1. The number of hydrogen-bond donors (Lipinski definition) is 2. The first kappa shape index (κ1) is 16.1. The molecule has 0 spiro atoms. The summed E-state index contributed by atoms with van der Waals surface area (Å²) in [6.07, 6.45) is 3.87. The van der Waals surface area contributed by atoms with Crippen molar-refractivity contribution < 1.29 is 14.3 Å². The van der Waals surface area contributed by atoms with Crippen molar-refractivity contribution in [2.24, 2.45) is 0 Å². The Kier molecular flexibility index (Phi) is 5.58. The highest BCUT2D eigenvalue weighted by Gasteiger charge is 2.12. The molecule has 0 bridgehead atoms. The lowest BCUT2D eigenvalue weighted by Crippen LogP contribution is -2.35. The average Bonchev–Trinajstić information content (AvgIpc) is 2.89. The Labute approximate surface area is 130 Å². The summed E-state index contributed by atoms with van der Waals surface area (Å²) in [6, 6.07) is 7.86. The lowest BCUT2D eigenvalue weighted by Gasteiger charge is -2.12. The molecule has 2 N–H and O–H groups in total. The number of esters is 1. The molecular formula is C17H22N2O3. The van der Waals surface area contributed by atoms with Crippen LogP contribution >= 0.6 is 0 Å². The monoisotopic (exact) mass is 302 g/mol. The summed E-state index contributed by atoms with van der Waals surface area (Å²) in [6.45, 7) is 3.77. The topological polar surface area (TPSA) is 71.2 Å². The summed E-state index contributed by atoms with van der Waals surface area (Å²) in [4.78, 5) is 26.6. The molecule has 0 aliphatic carbocycles. The Balaban J connectivity index is 1.82. The van der Waals surface area contributed by atoms with Crippen LogP contribution in [0.3, 0.4) is 0 Å². The summed E-state index contributed by atoms with van der Waals surface area (Å²) in [5, 5.41) is 3.80. The first-order valence-corrected chi connectivity index (χ1v) is 7.60. The third-order valence-corrected chi connectivity index (χ3v) is 3.50. The van der Waals surface area contributed by atoms with Gasteiger partial charge in [0, 0.05) is 23.1 Å². The number of fused-ring (bicyclic) bond motifs is 1. The number of carbonyl (C=O) groups is 2. The van der Waals surface area contributed by atoms with Crippen LogP contribution in [0.4, 0.5) is 0 Å². The molecule has 0 aliphatic rings. The van der Waals surface area contributed by atoms with E-state index < -0.39 is 5.97 Å². The van der Waals surface area contributed by atoms with Gasteiger partial charge in [-0.2, -0.15) is 0 Å². The van der Waals surface area contributed by atoms with Crippen LogP contribution in [0.15, 0.2) is 30.5 Å². The van der Waals surface area contributed by atoms with E-state index in [-0.39, 0.29) is 25.0 Å². The van der Waals surface area contributed by atoms with Gasteiger partial charge in [-0.25, -0.2) is 0 Å². The quantitative estimate of drug-likeness (QED) is 0.772. The fourth-order valence-corrected chi connectivity index (χ4v) is 2.45. The van der Waals surface area contributed by atoms with Gasteiger partial charge in [0.2, 0.25) is 0 Å². The van der Waals surface area contributed by atoms with Crippen molar-refractivity contribution in [3.05, 3.63) is 36.0 Å². The van der Waals surface area contributed by atoms with Crippen molar-refractivity contribution in [1.29, 1.82) is 0 Å². The first-order valence-electron chi connectivity index (χ1n) is 7.60. The zero-order valence-corrected chi connectivity index (χ0v) is 13.0. The predicted octanol–water partition coefficient (Wildman–Crippen LogP) is 2.56. The molecule has 2 aromatic rings. The van der Waals surface area contributed by atoms with E-state index in [0.29, 0.717) is 0 Å². The van der Waals surface area contributed by atoms with Crippen molar-refractivity contribution in [2.45, 2.75) is 39.2 Å². The second kappa shape index (κ2) is 7.64. The van der Waals surface area contributed by atoms with Gasteiger partial charge in [0.05, 0.1) is 6.42 Å². The van der Waals surface area contributed by atoms with Crippen LogP contribution in [0, 0.1) is 0 Å². The number of hydrogen-bond acceptors (Lipinski definition) is 3. The summed E-state index contributed by atoms with van der Waals surface area (Å²) in [5.41, 5.74) is 1.86. The Morgan fingerprint density at radius 2 is 2.09 bits per heavy atom. The Hall–Kier alpha value is -2.30. The minimum absolute atomic E-state index is 0.102. The molecule has 0 saturated carbocycles. The van der Waals surface area contributed by atoms with Crippen LogP contribution in [0.5, 0.6) is 0 Å². The second-order valence-corrected chi connectivity index (χ2v) is 5.45. The molecule has 1 amide bonds. The summed E-state index contributed by atoms with van der Waals surface area (Å²) in [5.74, 6) is -0.656. The van der Waals surface area contributed by atoms with Gasteiger partial charge >= 0.3 is 5.97 Å². The minimum atomic E-state index is -0.400. The number of aromatic amines is 1. The number of carbonyl (C=O) groups excluding carboxylic acids is 2. The zero-order valence-electron chi connectivity index (χ0n) is 13.0. The van der Waals surface area contributed by atoms with Crippen molar-refractivity contribution in [3.63, 3.8) is 0 Å². The van der Waals surface area contributed by atoms with Crippen molar-refractivity contribution in [1.82, 2.24) is 10.3 Å². The van der Waals surface area contributed by atoms with Crippen LogP contribution in [0.2, 0.25) is 0 Å². The fourth-order valence-electron chi connectivity index (χ4n) is 2.45. The Bertz CT molecular complexity index is 648. The molecule has 0 fully saturated rings. The lowest BCUT2D eigenvalue weighted by molar-refractivity contribution is -0.148. The van der Waals surface area contributed by atoms with Gasteiger partial charge in [0.1, 0.15) is 0 Å². The molecule has 1 atom stereocenters. The predicted molar refractivity (Wildman–Crippen MR) is 85.5 cm³/mol. The maximum Gasteiger partial charge on any atom is 0.310 e. The van der Waals surface area contributed by atoms with Gasteiger partial charge in [-0.1, -0.05) is 31.5 Å². The molecule has 5 nitrogen and oxygen atoms in total. The molecule has 0 aliphatic heterocycles. The number of ether oxygens (including phenoxy) is 1. The van der Waals surface area contributed by atoms with Gasteiger partial charge in [-0.15, -0.1) is 0 Å². The number of aromatic nitrogens is 1. The van der Waals surface area contributed by atoms with Crippen LogP contribution < -0.4 is 5.32 Å². The van der Waals surface area contributed by atoms with E-state index in [0.717, 1.165) is 29.3 Å². The molecule has 1 aromatic heterocycles. The zero-order chi connectivity index (χ0) is 15.9. The number of benzene rings is 1. The van der Waals surface area contributed by atoms with E-state index in [1.807, 2.05) is 31.2 Å². The van der Waals surface area contributed by atoms with E-state index in [1.165, 1.54) is 0 Å². The van der Waals surface area contributed by atoms with E-state index in [9.17, 15) is 9.59 Å². The number of amides is 1. The van der Waals surface area contributed by atoms with Gasteiger partial charge in [-0.05, 0) is 25.0 Å². The maximum absolute atomic E-state index is 11.9. The fraction of sp³-hybridized carbons (Fsp3) is 0.412. The molecule has 1 heterocycles. The van der Waals surface area contributed by atoms with Gasteiger partial charge < -0.3 is 15.0 Å².